The molecule has 4 nitrogen and oxygen atoms in total. The van der Waals surface area contributed by atoms with E-state index in [0.29, 0.717) is 6.42 Å². The molecule has 0 saturated carbocycles. The highest BCUT2D eigenvalue weighted by Gasteiger charge is 2.08. The summed E-state index contributed by atoms with van der Waals surface area (Å²) in [6.07, 6.45) is 2.64. The molecule has 0 aliphatic carbocycles. The molecule has 1 rings (SSSR count). The van der Waals surface area contributed by atoms with E-state index in [1.165, 1.54) is 6.33 Å². The number of nitrogens with zero attached hydrogens (tertiary/aromatic N) is 3. The third-order valence-corrected chi connectivity index (χ3v) is 2.96. The Kier molecular flexibility index (Phi) is 4.97. The number of rotatable bonds is 6. The normalized spacial score (nSPS) is 13.1. The first-order valence-electron chi connectivity index (χ1n) is 4.82. The summed E-state index contributed by atoms with van der Waals surface area (Å²) in [5.41, 5.74) is 0. The average Bonchev–Trinajstić information content (AvgIpc) is 2.52. The highest BCUT2D eigenvalue weighted by atomic mass is 32.2. The molecule has 0 aliphatic rings. The van der Waals surface area contributed by atoms with Gasteiger partial charge in [0.05, 0.1) is 6.10 Å². The van der Waals surface area contributed by atoms with Crippen molar-refractivity contribution >= 4 is 11.8 Å². The predicted molar refractivity (Wildman–Crippen MR) is 58.3 cm³/mol. The van der Waals surface area contributed by atoms with Gasteiger partial charge in [-0.15, -0.1) is 0 Å². The summed E-state index contributed by atoms with van der Waals surface area (Å²) < 4.78 is 1.70. The number of hydrogen-bond acceptors (Lipinski definition) is 4. The van der Waals surface area contributed by atoms with Crippen LogP contribution in [0.4, 0.5) is 0 Å². The number of thioether (sulfide) groups is 1. The van der Waals surface area contributed by atoms with Gasteiger partial charge in [-0.2, -0.15) is 16.9 Å². The fraction of sp³-hybridized carbons (Fsp3) is 0.778. The lowest BCUT2D eigenvalue weighted by atomic mass is 10.2. The van der Waals surface area contributed by atoms with E-state index in [1.54, 1.807) is 4.68 Å². The highest BCUT2D eigenvalue weighted by molar-refractivity contribution is 7.99. The monoisotopic (exact) mass is 215 g/mol. The first-order valence-corrected chi connectivity index (χ1v) is 5.98. The molecule has 0 amide bonds. The lowest BCUT2D eigenvalue weighted by Gasteiger charge is -2.08. The van der Waals surface area contributed by atoms with Crippen LogP contribution in [0.1, 0.15) is 19.2 Å². The summed E-state index contributed by atoms with van der Waals surface area (Å²) in [4.78, 5) is 4.07. The lowest BCUT2D eigenvalue weighted by Crippen LogP contribution is -2.15. The first kappa shape index (κ1) is 11.5. The zero-order valence-corrected chi connectivity index (χ0v) is 9.50. The van der Waals surface area contributed by atoms with Crippen molar-refractivity contribution < 1.29 is 5.11 Å². The molecule has 1 N–H and O–H groups in total. The fourth-order valence-electron chi connectivity index (χ4n) is 1.18. The maximum absolute atomic E-state index is 9.68. The van der Waals surface area contributed by atoms with E-state index in [0.717, 1.165) is 23.8 Å². The Labute approximate surface area is 88.7 Å². The predicted octanol–water partition coefficient (Wildman–Crippen LogP) is 0.862. The molecule has 0 aromatic carbocycles. The van der Waals surface area contributed by atoms with Crippen molar-refractivity contribution in [1.29, 1.82) is 0 Å². The number of aliphatic hydroxyl groups excluding tert-OH is 1. The molecule has 14 heavy (non-hydrogen) atoms. The minimum atomic E-state index is -0.294. The smallest absolute Gasteiger partial charge is 0.138 e. The van der Waals surface area contributed by atoms with Crippen LogP contribution in [0.3, 0.4) is 0 Å². The molecule has 0 radical (unpaired) electrons. The summed E-state index contributed by atoms with van der Waals surface area (Å²) >= 11 is 1.85. The second-order valence-corrected chi connectivity index (χ2v) is 4.54. The van der Waals surface area contributed by atoms with E-state index >= 15 is 0 Å². The standard InChI is InChI=1S/C9H17N3OS/c1-3-14-5-4-8(13)6-9-10-7-11-12(9)2/h7-8,13H,3-6H2,1-2H3. The number of aryl methyl sites for hydroxylation is 1. The number of aromatic nitrogens is 3. The molecule has 80 valence electrons. The average molecular weight is 215 g/mol. The Morgan fingerprint density at radius 3 is 3.00 bits per heavy atom. The summed E-state index contributed by atoms with van der Waals surface area (Å²) in [6, 6.07) is 0. The van der Waals surface area contributed by atoms with Crippen molar-refractivity contribution in [2.24, 2.45) is 7.05 Å². The van der Waals surface area contributed by atoms with Crippen molar-refractivity contribution in [2.75, 3.05) is 11.5 Å². The minimum Gasteiger partial charge on any atom is -0.393 e. The highest BCUT2D eigenvalue weighted by Crippen LogP contribution is 2.07. The van der Waals surface area contributed by atoms with Gasteiger partial charge in [-0.05, 0) is 17.9 Å². The molecule has 0 bridgehead atoms. The van der Waals surface area contributed by atoms with E-state index in [-0.39, 0.29) is 6.10 Å². The molecule has 1 atom stereocenters. The molecule has 1 heterocycles. The zero-order valence-electron chi connectivity index (χ0n) is 8.68. The summed E-state index contributed by atoms with van der Waals surface area (Å²) in [5, 5.41) is 13.6. The molecule has 1 aromatic rings. The van der Waals surface area contributed by atoms with E-state index in [1.807, 2.05) is 18.8 Å². The second-order valence-electron chi connectivity index (χ2n) is 3.14. The Hall–Kier alpha value is -0.550. The van der Waals surface area contributed by atoms with Crippen molar-refractivity contribution in [2.45, 2.75) is 25.9 Å². The molecule has 1 unspecified atom stereocenters. The van der Waals surface area contributed by atoms with Crippen LogP contribution >= 0.6 is 11.8 Å². The summed E-state index contributed by atoms with van der Waals surface area (Å²) in [7, 11) is 1.84. The molecule has 0 spiro atoms. The van der Waals surface area contributed by atoms with Gasteiger partial charge in [0.25, 0.3) is 0 Å². The van der Waals surface area contributed by atoms with Gasteiger partial charge in [0.2, 0.25) is 0 Å². The van der Waals surface area contributed by atoms with Crippen LogP contribution < -0.4 is 0 Å². The quantitative estimate of drug-likeness (QED) is 0.715. The molecule has 0 saturated heterocycles. The first-order chi connectivity index (χ1) is 6.74. The van der Waals surface area contributed by atoms with Gasteiger partial charge < -0.3 is 5.11 Å². The maximum atomic E-state index is 9.68. The Morgan fingerprint density at radius 2 is 2.43 bits per heavy atom. The van der Waals surface area contributed by atoms with Crippen molar-refractivity contribution in [3.05, 3.63) is 12.2 Å². The van der Waals surface area contributed by atoms with Crippen molar-refractivity contribution in [3.63, 3.8) is 0 Å². The molecular formula is C9H17N3OS. The van der Waals surface area contributed by atoms with Crippen LogP contribution in [0.15, 0.2) is 6.33 Å². The SMILES string of the molecule is CCSCCC(O)Cc1ncnn1C. The van der Waals surface area contributed by atoms with E-state index in [9.17, 15) is 5.11 Å². The third kappa shape index (κ3) is 3.67. The lowest BCUT2D eigenvalue weighted by molar-refractivity contribution is 0.168. The molecule has 5 heteroatoms. The number of hydrogen-bond donors (Lipinski definition) is 1. The number of aliphatic hydroxyl groups is 1. The van der Waals surface area contributed by atoms with Crippen molar-refractivity contribution in [3.8, 4) is 0 Å². The van der Waals surface area contributed by atoms with Gasteiger partial charge in [-0.1, -0.05) is 6.92 Å². The Morgan fingerprint density at radius 1 is 1.64 bits per heavy atom. The Balaban J connectivity index is 2.27. The maximum Gasteiger partial charge on any atom is 0.138 e. The van der Waals surface area contributed by atoms with Gasteiger partial charge in [0.1, 0.15) is 12.2 Å². The van der Waals surface area contributed by atoms with Crippen LogP contribution in [0.5, 0.6) is 0 Å². The largest absolute Gasteiger partial charge is 0.393 e. The Bertz CT molecular complexity index is 264. The van der Waals surface area contributed by atoms with E-state index in [2.05, 4.69) is 17.0 Å². The van der Waals surface area contributed by atoms with Gasteiger partial charge in [-0.3, -0.25) is 4.68 Å². The molecule has 0 fully saturated rings. The van der Waals surface area contributed by atoms with Crippen LogP contribution in [0.25, 0.3) is 0 Å². The van der Waals surface area contributed by atoms with Gasteiger partial charge in [0.15, 0.2) is 0 Å². The van der Waals surface area contributed by atoms with E-state index < -0.39 is 0 Å². The van der Waals surface area contributed by atoms with Gasteiger partial charge in [0, 0.05) is 13.5 Å². The van der Waals surface area contributed by atoms with Gasteiger partial charge in [-0.25, -0.2) is 4.98 Å². The molecule has 1 aromatic heterocycles. The van der Waals surface area contributed by atoms with Gasteiger partial charge >= 0.3 is 0 Å². The summed E-state index contributed by atoms with van der Waals surface area (Å²) in [6.45, 7) is 2.12. The van der Waals surface area contributed by atoms with Crippen LogP contribution in [-0.2, 0) is 13.5 Å². The summed E-state index contributed by atoms with van der Waals surface area (Å²) in [5.74, 6) is 2.96. The topological polar surface area (TPSA) is 50.9 Å². The van der Waals surface area contributed by atoms with Crippen molar-refractivity contribution in [1.82, 2.24) is 14.8 Å². The fourth-order valence-corrected chi connectivity index (χ4v) is 1.91. The minimum absolute atomic E-state index is 0.294. The van der Waals surface area contributed by atoms with Crippen LogP contribution in [0.2, 0.25) is 0 Å². The zero-order chi connectivity index (χ0) is 10.4. The molecular weight excluding hydrogens is 198 g/mol. The second kappa shape index (κ2) is 6.03. The van der Waals surface area contributed by atoms with Crippen LogP contribution in [0, 0.1) is 0 Å². The molecule has 0 aliphatic heterocycles. The van der Waals surface area contributed by atoms with Crippen LogP contribution in [-0.4, -0.2) is 37.5 Å². The third-order valence-electron chi connectivity index (χ3n) is 2.02. The van der Waals surface area contributed by atoms with E-state index in [4.69, 9.17) is 0 Å².